The van der Waals surface area contributed by atoms with Gasteiger partial charge < -0.3 is 4.98 Å². The Morgan fingerprint density at radius 3 is 2.00 bits per heavy atom. The van der Waals surface area contributed by atoms with Crippen molar-refractivity contribution in [3.63, 3.8) is 0 Å². The van der Waals surface area contributed by atoms with Crippen LogP contribution in [-0.2, 0) is 0 Å². The molecule has 0 aliphatic heterocycles. The average molecular weight is 639 g/mol. The fourth-order valence-corrected chi connectivity index (χ4v) is 7.42. The van der Waals surface area contributed by atoms with Crippen molar-refractivity contribution in [2.24, 2.45) is 0 Å². The molecule has 234 valence electrons. The van der Waals surface area contributed by atoms with Crippen LogP contribution in [0.15, 0.2) is 176 Å². The number of hydrogen-bond donors (Lipinski definition) is 1. The Labute approximate surface area is 289 Å². The maximum Gasteiger partial charge on any atom is 0.146 e. The average Bonchev–Trinajstić information content (AvgIpc) is 3.74. The molecule has 10 aromatic rings. The molecule has 0 amide bonds. The second-order valence-electron chi connectivity index (χ2n) is 12.8. The van der Waals surface area contributed by atoms with Gasteiger partial charge in [0, 0.05) is 44.4 Å². The monoisotopic (exact) mass is 638 g/mol. The van der Waals surface area contributed by atoms with Crippen LogP contribution in [0, 0.1) is 0 Å². The zero-order chi connectivity index (χ0) is 33.0. The van der Waals surface area contributed by atoms with Crippen molar-refractivity contribution in [1.29, 1.82) is 0 Å². The van der Waals surface area contributed by atoms with E-state index >= 15 is 0 Å². The summed E-state index contributed by atoms with van der Waals surface area (Å²) in [5.41, 5.74) is 13.3. The van der Waals surface area contributed by atoms with Crippen molar-refractivity contribution < 1.29 is 0 Å². The topological polar surface area (TPSA) is 46.5 Å². The van der Waals surface area contributed by atoms with Crippen molar-refractivity contribution in [3.05, 3.63) is 176 Å². The number of H-pyrrole nitrogens is 1. The van der Waals surface area contributed by atoms with Gasteiger partial charge in [0.15, 0.2) is 0 Å². The van der Waals surface area contributed by atoms with E-state index in [1.807, 2.05) is 12.3 Å². The van der Waals surface area contributed by atoms with Crippen molar-refractivity contribution >= 4 is 43.7 Å². The molecular weight excluding hydrogens is 609 g/mol. The lowest BCUT2D eigenvalue weighted by Crippen LogP contribution is -1.99. The fraction of sp³-hybridized carbons (Fsp3) is 0. The predicted octanol–water partition coefficient (Wildman–Crippen LogP) is 11.9. The third-order valence-corrected chi connectivity index (χ3v) is 9.79. The number of pyridine rings is 2. The standard InChI is InChI=1S/C46H30N4/c1-3-12-30(13-4-1)32-23-24-42-39(27-32)40-29-35(31-14-5-2-6-15-31)28-38(45(40)49-42)33-16-9-17-34(26-33)41-20-10-22-44(48-41)50-43-21-8-7-18-36(43)37-19-11-25-47-46(37)50/h1-29,49H. The SMILES string of the molecule is c1ccc(-c2ccc3[nH]c4c(-c5cccc(-c6cccc(-n7c8ccccc8c8cccnc87)n6)c5)cc(-c5ccccc5)cc4c3c2)cc1. The number of rotatable bonds is 5. The highest BCUT2D eigenvalue weighted by atomic mass is 15.1. The lowest BCUT2D eigenvalue weighted by molar-refractivity contribution is 1.06. The Hall–Kier alpha value is -6.78. The van der Waals surface area contributed by atoms with E-state index in [-0.39, 0.29) is 0 Å². The highest BCUT2D eigenvalue weighted by Crippen LogP contribution is 2.40. The predicted molar refractivity (Wildman–Crippen MR) is 207 cm³/mol. The number of nitrogens with one attached hydrogen (secondary N) is 1. The van der Waals surface area contributed by atoms with Gasteiger partial charge in [-0.3, -0.25) is 4.57 Å². The van der Waals surface area contributed by atoms with Crippen LogP contribution in [0.4, 0.5) is 0 Å². The first-order valence-corrected chi connectivity index (χ1v) is 16.9. The Morgan fingerprint density at radius 2 is 1.14 bits per heavy atom. The molecule has 4 heterocycles. The van der Waals surface area contributed by atoms with Gasteiger partial charge in [-0.25, -0.2) is 9.97 Å². The second-order valence-corrected chi connectivity index (χ2v) is 12.8. The molecule has 0 radical (unpaired) electrons. The zero-order valence-electron chi connectivity index (χ0n) is 27.1. The number of fused-ring (bicyclic) bond motifs is 6. The smallest absolute Gasteiger partial charge is 0.146 e. The van der Waals surface area contributed by atoms with E-state index in [4.69, 9.17) is 9.97 Å². The molecule has 0 fully saturated rings. The summed E-state index contributed by atoms with van der Waals surface area (Å²) in [5.74, 6) is 0.844. The summed E-state index contributed by atoms with van der Waals surface area (Å²) >= 11 is 0. The van der Waals surface area contributed by atoms with Crippen LogP contribution in [0.1, 0.15) is 0 Å². The molecule has 0 unspecified atom stereocenters. The second kappa shape index (κ2) is 11.4. The van der Waals surface area contributed by atoms with Crippen molar-refractivity contribution in [3.8, 4) is 50.5 Å². The molecule has 50 heavy (non-hydrogen) atoms. The Kier molecular flexibility index (Phi) is 6.46. The summed E-state index contributed by atoms with van der Waals surface area (Å²) in [6.45, 7) is 0. The molecule has 0 aliphatic rings. The number of nitrogens with zero attached hydrogens (tertiary/aromatic N) is 3. The van der Waals surface area contributed by atoms with E-state index in [9.17, 15) is 0 Å². The molecule has 4 aromatic heterocycles. The number of hydrogen-bond acceptors (Lipinski definition) is 2. The first kappa shape index (κ1) is 28.3. The van der Waals surface area contributed by atoms with Crippen LogP contribution < -0.4 is 0 Å². The van der Waals surface area contributed by atoms with E-state index in [0.29, 0.717) is 0 Å². The molecule has 0 saturated heterocycles. The van der Waals surface area contributed by atoms with E-state index in [1.54, 1.807) is 0 Å². The molecule has 10 rings (SSSR count). The summed E-state index contributed by atoms with van der Waals surface area (Å²) in [4.78, 5) is 13.8. The maximum absolute atomic E-state index is 5.24. The van der Waals surface area contributed by atoms with Crippen LogP contribution in [0.5, 0.6) is 0 Å². The van der Waals surface area contributed by atoms with Crippen molar-refractivity contribution in [1.82, 2.24) is 19.5 Å². The maximum atomic E-state index is 5.24. The van der Waals surface area contributed by atoms with E-state index < -0.39 is 0 Å². The van der Waals surface area contributed by atoms with Gasteiger partial charge in [0.1, 0.15) is 11.5 Å². The summed E-state index contributed by atoms with van der Waals surface area (Å²) < 4.78 is 2.17. The minimum absolute atomic E-state index is 0.844. The fourth-order valence-electron chi connectivity index (χ4n) is 7.42. The van der Waals surface area contributed by atoms with Gasteiger partial charge in [-0.05, 0) is 88.5 Å². The molecule has 4 heteroatoms. The largest absolute Gasteiger partial charge is 0.354 e. The van der Waals surface area contributed by atoms with Crippen molar-refractivity contribution in [2.75, 3.05) is 0 Å². The van der Waals surface area contributed by atoms with Gasteiger partial charge in [0.25, 0.3) is 0 Å². The molecule has 6 aromatic carbocycles. The highest BCUT2D eigenvalue weighted by molar-refractivity contribution is 6.14. The summed E-state index contributed by atoms with van der Waals surface area (Å²) in [6, 6.07) is 60.2. The van der Waals surface area contributed by atoms with Gasteiger partial charge in [0.05, 0.1) is 16.7 Å². The van der Waals surface area contributed by atoms with E-state index in [2.05, 4.69) is 173 Å². The van der Waals surface area contributed by atoms with Crippen LogP contribution >= 0.6 is 0 Å². The van der Waals surface area contributed by atoms with Gasteiger partial charge in [-0.15, -0.1) is 0 Å². The number of benzene rings is 6. The van der Waals surface area contributed by atoms with E-state index in [0.717, 1.165) is 55.8 Å². The first-order valence-electron chi connectivity index (χ1n) is 16.9. The normalized spacial score (nSPS) is 11.6. The van der Waals surface area contributed by atoms with Gasteiger partial charge in [-0.1, -0.05) is 109 Å². The lowest BCUT2D eigenvalue weighted by Gasteiger charge is -2.12. The number of aromatic amines is 1. The quantitative estimate of drug-likeness (QED) is 0.204. The summed E-state index contributed by atoms with van der Waals surface area (Å²) in [6.07, 6.45) is 1.85. The van der Waals surface area contributed by atoms with Crippen LogP contribution in [0.2, 0.25) is 0 Å². The van der Waals surface area contributed by atoms with Crippen molar-refractivity contribution in [2.45, 2.75) is 0 Å². The Balaban J connectivity index is 1.14. The zero-order valence-corrected chi connectivity index (χ0v) is 27.1. The van der Waals surface area contributed by atoms with Crippen LogP contribution in [0.25, 0.3) is 94.2 Å². The van der Waals surface area contributed by atoms with E-state index in [1.165, 1.54) is 38.4 Å². The molecule has 0 saturated carbocycles. The molecule has 0 spiro atoms. The number of aromatic nitrogens is 4. The van der Waals surface area contributed by atoms with Gasteiger partial charge in [0.2, 0.25) is 0 Å². The minimum atomic E-state index is 0.844. The van der Waals surface area contributed by atoms with Crippen LogP contribution in [0.3, 0.4) is 0 Å². The molecule has 1 N–H and O–H groups in total. The first-order chi connectivity index (χ1) is 24.8. The summed E-state index contributed by atoms with van der Waals surface area (Å²) in [5, 5.41) is 4.71. The molecule has 4 nitrogen and oxygen atoms in total. The number of para-hydroxylation sites is 1. The lowest BCUT2D eigenvalue weighted by atomic mass is 9.94. The Bertz CT molecular complexity index is 2810. The minimum Gasteiger partial charge on any atom is -0.354 e. The molecule has 0 bridgehead atoms. The molecular formula is C46H30N4. The Morgan fingerprint density at radius 1 is 0.440 bits per heavy atom. The van der Waals surface area contributed by atoms with Crippen LogP contribution in [-0.4, -0.2) is 19.5 Å². The highest BCUT2D eigenvalue weighted by Gasteiger charge is 2.17. The van der Waals surface area contributed by atoms with Gasteiger partial charge in [-0.2, -0.15) is 0 Å². The third-order valence-electron chi connectivity index (χ3n) is 9.79. The molecule has 0 atom stereocenters. The van der Waals surface area contributed by atoms with Gasteiger partial charge >= 0.3 is 0 Å². The summed E-state index contributed by atoms with van der Waals surface area (Å²) in [7, 11) is 0. The molecule has 0 aliphatic carbocycles. The third kappa shape index (κ3) is 4.61.